The summed E-state index contributed by atoms with van der Waals surface area (Å²) in [6.45, 7) is 4.46. The van der Waals surface area contributed by atoms with Gasteiger partial charge < -0.3 is 0 Å². The fourth-order valence-corrected chi connectivity index (χ4v) is 7.80. The molecule has 2 rings (SSSR count). The van der Waals surface area contributed by atoms with Crippen molar-refractivity contribution in [3.63, 3.8) is 0 Å². The van der Waals surface area contributed by atoms with Crippen LogP contribution in [0.3, 0.4) is 0 Å². The van der Waals surface area contributed by atoms with Gasteiger partial charge in [-0.25, -0.2) is 0 Å². The van der Waals surface area contributed by atoms with Crippen LogP contribution in [0.4, 0.5) is 16.9 Å². The maximum atomic E-state index is 12.8. The van der Waals surface area contributed by atoms with Crippen molar-refractivity contribution in [2.45, 2.75) is 155 Å². The average Bonchev–Trinajstić information content (AvgIpc) is 3.11. The molecule has 2 unspecified atom stereocenters. The number of para-hydroxylation sites is 2. The molecule has 0 amide bonds. The van der Waals surface area contributed by atoms with Crippen LogP contribution in [0.2, 0.25) is 0 Å². The summed E-state index contributed by atoms with van der Waals surface area (Å²) < 4.78 is 221. The quantitative estimate of drug-likeness (QED) is 0.0658. The molecule has 18 nitrogen and oxygen atoms in total. The van der Waals surface area contributed by atoms with E-state index in [0.717, 1.165) is 49.7 Å². The Kier molecular flexibility index (Phi) is 47.2. The van der Waals surface area contributed by atoms with Gasteiger partial charge in [0.25, 0.3) is 0 Å². The summed E-state index contributed by atoms with van der Waals surface area (Å²) in [7, 11) is 0. The second-order valence-corrected chi connectivity index (χ2v) is 29.6. The van der Waals surface area contributed by atoms with Gasteiger partial charge in [0, 0.05) is 0 Å². The Labute approximate surface area is 417 Å². The molecule has 0 spiro atoms. The molecule has 0 aliphatic carbocycles. The standard InChI is InChI=1S/2C18H30O.6FH.16O.6Sb/c2*1-2-3-4-5-6-7-8-9-10-11-14-17-15-12-13-16-18(17)19;;;;;;;;;;;;;;;;;;;;;;;;;;;;/h2*12-13,15-16,19H,2-11,14H2,1H3;6*1H;;;;;;;;;;;;;;;;;;;;;;/q;;;;;;;;;;;;;;10*-1;4*+1;2*+2/p-8. The molecule has 0 saturated carbocycles. The van der Waals surface area contributed by atoms with Crippen molar-refractivity contribution in [3.05, 3.63) is 59.7 Å². The molecule has 2 aromatic rings. The summed E-state index contributed by atoms with van der Waals surface area (Å²) in [5, 5.41) is 0. The van der Waals surface area contributed by atoms with E-state index in [1.807, 2.05) is 12.1 Å². The molecule has 0 N–H and O–H groups in total. The number of halogens is 6. The topological polar surface area (TPSA) is 351 Å². The van der Waals surface area contributed by atoms with Crippen molar-refractivity contribution >= 4 is 121 Å². The molecular weight excluding hydrogens is 1560 g/mol. The molecule has 30 heteroatoms. The van der Waals surface area contributed by atoms with E-state index in [1.165, 1.54) is 115 Å². The first-order valence-electron chi connectivity index (χ1n) is 20.5. The molecule has 2 aromatic carbocycles. The number of hydrogen-bond donors (Lipinski definition) is 0. The van der Waals surface area contributed by atoms with Crippen molar-refractivity contribution in [2.24, 2.45) is 0 Å². The summed E-state index contributed by atoms with van der Waals surface area (Å²) in [4.78, 5) is 0. The van der Waals surface area contributed by atoms with Crippen LogP contribution in [-0.4, -0.2) is 121 Å². The van der Waals surface area contributed by atoms with Gasteiger partial charge in [-0.1, -0.05) is 39.5 Å². The molecule has 0 radical (unpaired) electrons. The minimum atomic E-state index is -6.35. The van der Waals surface area contributed by atoms with E-state index in [2.05, 4.69) is 19.9 Å². The Morgan fingerprint density at radius 1 is 0.348 bits per heavy atom. The minimum absolute atomic E-state index is 0.155. The molecule has 2 atom stereocenters. The van der Waals surface area contributed by atoms with Crippen molar-refractivity contribution in [1.29, 1.82) is 0 Å². The first-order valence-corrected chi connectivity index (χ1v) is 45.0. The van der Waals surface area contributed by atoms with E-state index < -0.39 is 121 Å². The van der Waals surface area contributed by atoms with Crippen LogP contribution in [0, 0.1) is 0 Å². The SMILES string of the molecule is CCCCCCCCCCCCc1ccccc1[O][Sb](=[O])([O-])[F].CCCCCCCCCCCCc1ccccc1[O][Sb](=[O])([O-])[F].[O]=[Sb]([O-])([O-])[F].[O]=[Sb]([O-])([O-])[F].[O]=[Sb]([O-])([O-])[F].[O]=[Sb]([O-])([O-])[F]. The monoisotopic (exact) mass is 1620 g/mol. The zero-order valence-electron chi connectivity index (χ0n) is 36.5. The van der Waals surface area contributed by atoms with Gasteiger partial charge in [0.1, 0.15) is 0 Å². The van der Waals surface area contributed by atoms with Crippen molar-refractivity contribution in [3.8, 4) is 11.5 Å². The zero-order chi connectivity index (χ0) is 51.9. The van der Waals surface area contributed by atoms with E-state index in [-0.39, 0.29) is 11.5 Å². The number of hydrogen-bond acceptors (Lipinski definition) is 18. The molecule has 0 bridgehead atoms. The Morgan fingerprint density at radius 3 is 0.727 bits per heavy atom. The molecule has 0 fully saturated rings. The van der Waals surface area contributed by atoms with Gasteiger partial charge in [0.05, 0.1) is 0 Å². The van der Waals surface area contributed by atoms with Gasteiger partial charge in [0.2, 0.25) is 0 Å². The molecular formula is C36H58F6O18Sb6-10. The fraction of sp³-hybridized carbons (Fsp3) is 0.667. The second-order valence-electron chi connectivity index (χ2n) is 13.8. The van der Waals surface area contributed by atoms with Crippen molar-refractivity contribution in [1.82, 2.24) is 0 Å². The molecule has 0 aromatic heterocycles. The van der Waals surface area contributed by atoms with Gasteiger partial charge in [-0.3, -0.25) is 0 Å². The third kappa shape index (κ3) is 81.9. The molecule has 0 saturated heterocycles. The Hall–Kier alpha value is 0.929. The summed E-state index contributed by atoms with van der Waals surface area (Å²) in [5.41, 5.74) is 1.55. The van der Waals surface area contributed by atoms with E-state index >= 15 is 0 Å². The van der Waals surface area contributed by atoms with Gasteiger partial charge >= 0.3 is 383 Å². The predicted molar refractivity (Wildman–Crippen MR) is 211 cm³/mol. The van der Waals surface area contributed by atoms with Gasteiger partial charge in [-0.15, -0.1) is 0 Å². The summed E-state index contributed by atoms with van der Waals surface area (Å²) in [5.74, 6) is 0.309. The van der Waals surface area contributed by atoms with Crippen LogP contribution < -0.4 is 39.9 Å². The molecule has 392 valence electrons. The maximum absolute atomic E-state index is 12.8. The summed E-state index contributed by atoms with van der Waals surface area (Å²) in [6, 6.07) is 13.6. The van der Waals surface area contributed by atoms with Crippen LogP contribution >= 0.6 is 0 Å². The van der Waals surface area contributed by atoms with E-state index in [4.69, 9.17) is 39.2 Å². The summed E-state index contributed by atoms with van der Waals surface area (Å²) in [6.07, 6.45) is 26.5. The third-order valence-corrected chi connectivity index (χ3v) is 10.3. The fourth-order valence-electron chi connectivity index (χ4n) is 5.44. The third-order valence-electron chi connectivity index (χ3n) is 7.96. The number of rotatable bonds is 26. The Bertz CT molecular complexity index is 1590. The molecule has 0 aliphatic heterocycles. The van der Waals surface area contributed by atoms with Gasteiger partial charge in [-0.05, 0) is 0 Å². The Balaban J connectivity index is -0.000000413. The Morgan fingerprint density at radius 2 is 0.530 bits per heavy atom. The van der Waals surface area contributed by atoms with Crippen LogP contribution in [0.1, 0.15) is 153 Å². The predicted octanol–water partition coefficient (Wildman–Crippen LogP) is -0.380. The van der Waals surface area contributed by atoms with Crippen molar-refractivity contribution in [2.75, 3.05) is 0 Å². The van der Waals surface area contributed by atoms with Gasteiger partial charge in [-0.2, -0.15) is 0 Å². The van der Waals surface area contributed by atoms with Crippen LogP contribution in [0.25, 0.3) is 0 Å². The van der Waals surface area contributed by atoms with Crippen LogP contribution in [0.15, 0.2) is 48.5 Å². The van der Waals surface area contributed by atoms with Crippen LogP contribution in [0.5, 0.6) is 11.5 Å². The summed E-state index contributed by atoms with van der Waals surface area (Å²) >= 11 is -37.6. The number of aryl methyl sites for hydroxylation is 2. The van der Waals surface area contributed by atoms with E-state index in [1.54, 1.807) is 24.3 Å². The van der Waals surface area contributed by atoms with Crippen molar-refractivity contribution < 1.29 is 74.9 Å². The normalized spacial score (nSPS) is 13.1. The zero-order valence-corrected chi connectivity index (χ0v) is 51.8. The van der Waals surface area contributed by atoms with E-state index in [9.17, 15) is 29.7 Å². The number of benzene rings is 2. The van der Waals surface area contributed by atoms with E-state index in [0.29, 0.717) is 0 Å². The average molecular weight is 1620 g/mol. The molecule has 66 heavy (non-hydrogen) atoms. The second kappa shape index (κ2) is 42.4. The molecule has 0 heterocycles. The first-order chi connectivity index (χ1) is 30.1. The van der Waals surface area contributed by atoms with Gasteiger partial charge in [0.15, 0.2) is 0 Å². The molecule has 0 aliphatic rings. The van der Waals surface area contributed by atoms with Crippen LogP contribution in [-0.2, 0) is 30.9 Å². The number of unbranched alkanes of at least 4 members (excludes halogenated alkanes) is 18. The first kappa shape index (κ1) is 73.5.